The molecule has 0 unspecified atom stereocenters. The molecular weight excluding hydrogens is 250 g/mol. The number of amides is 1. The van der Waals surface area contributed by atoms with Gasteiger partial charge in [-0.3, -0.25) is 9.69 Å². The zero-order valence-corrected chi connectivity index (χ0v) is 13.1. The second-order valence-corrected chi connectivity index (χ2v) is 6.44. The summed E-state index contributed by atoms with van der Waals surface area (Å²) in [6.45, 7) is 6.24. The van der Waals surface area contributed by atoms with Gasteiger partial charge in [-0.25, -0.2) is 0 Å². The minimum atomic E-state index is 0.0935. The van der Waals surface area contributed by atoms with Crippen LogP contribution in [0.15, 0.2) is 0 Å². The van der Waals surface area contributed by atoms with Crippen LogP contribution in [0.5, 0.6) is 0 Å². The number of hydrogen-bond acceptors (Lipinski definition) is 3. The van der Waals surface area contributed by atoms with Gasteiger partial charge in [0.1, 0.15) is 0 Å². The molecule has 1 heterocycles. The van der Waals surface area contributed by atoms with Gasteiger partial charge in [0.15, 0.2) is 0 Å². The molecule has 0 aromatic carbocycles. The number of likely N-dealkylation sites (N-methyl/N-ethyl adjacent to an activating group) is 1. The van der Waals surface area contributed by atoms with Crippen molar-refractivity contribution in [2.45, 2.75) is 63.8 Å². The lowest BCUT2D eigenvalue weighted by Gasteiger charge is -2.40. The zero-order chi connectivity index (χ0) is 14.4. The highest BCUT2D eigenvalue weighted by Crippen LogP contribution is 2.34. The van der Waals surface area contributed by atoms with Gasteiger partial charge in [-0.15, -0.1) is 0 Å². The first-order chi connectivity index (χ1) is 9.72. The molecule has 2 rings (SSSR count). The summed E-state index contributed by atoms with van der Waals surface area (Å²) in [6, 6.07) is 0. The first-order valence-electron chi connectivity index (χ1n) is 8.45. The summed E-state index contributed by atoms with van der Waals surface area (Å²) in [7, 11) is 0. The normalized spacial score (nSPS) is 23.1. The molecule has 0 spiro atoms. The Balaban J connectivity index is 1.96. The van der Waals surface area contributed by atoms with Crippen LogP contribution in [-0.2, 0) is 4.79 Å². The van der Waals surface area contributed by atoms with E-state index >= 15 is 0 Å². The molecule has 20 heavy (non-hydrogen) atoms. The Morgan fingerprint density at radius 1 is 1.10 bits per heavy atom. The van der Waals surface area contributed by atoms with Crippen LogP contribution in [-0.4, -0.2) is 54.0 Å². The van der Waals surface area contributed by atoms with Gasteiger partial charge in [0, 0.05) is 25.2 Å². The maximum Gasteiger partial charge on any atom is 0.236 e. The summed E-state index contributed by atoms with van der Waals surface area (Å²) >= 11 is 0. The van der Waals surface area contributed by atoms with Gasteiger partial charge in [-0.2, -0.15) is 0 Å². The molecule has 1 aliphatic carbocycles. The standard InChI is InChI=1S/C16H31N3O/c1-2-19(16(14-17)9-5-6-10-16)13-15(20)18-11-7-3-4-8-12-18/h2-14,17H2,1H3. The second-order valence-electron chi connectivity index (χ2n) is 6.44. The number of nitrogens with zero attached hydrogens (tertiary/aromatic N) is 2. The van der Waals surface area contributed by atoms with E-state index in [-0.39, 0.29) is 5.54 Å². The molecule has 0 aromatic rings. The highest BCUT2D eigenvalue weighted by Gasteiger charge is 2.38. The average molecular weight is 281 g/mol. The summed E-state index contributed by atoms with van der Waals surface area (Å²) in [5.74, 6) is 0.313. The topological polar surface area (TPSA) is 49.6 Å². The summed E-state index contributed by atoms with van der Waals surface area (Å²) < 4.78 is 0. The van der Waals surface area contributed by atoms with E-state index in [2.05, 4.69) is 16.7 Å². The molecule has 2 N–H and O–H groups in total. The second kappa shape index (κ2) is 7.41. The molecule has 0 radical (unpaired) electrons. The Morgan fingerprint density at radius 2 is 1.70 bits per heavy atom. The largest absolute Gasteiger partial charge is 0.342 e. The molecule has 0 bridgehead atoms. The molecule has 1 saturated carbocycles. The van der Waals surface area contributed by atoms with Gasteiger partial charge < -0.3 is 10.6 Å². The summed E-state index contributed by atoms with van der Waals surface area (Å²) in [5, 5.41) is 0. The maximum absolute atomic E-state index is 12.6. The van der Waals surface area contributed by atoms with Crippen molar-refractivity contribution in [1.82, 2.24) is 9.80 Å². The highest BCUT2D eigenvalue weighted by molar-refractivity contribution is 5.78. The van der Waals surface area contributed by atoms with Gasteiger partial charge in [0.05, 0.1) is 6.54 Å². The van der Waals surface area contributed by atoms with Crippen LogP contribution in [0.2, 0.25) is 0 Å². The molecule has 4 nitrogen and oxygen atoms in total. The van der Waals surface area contributed by atoms with Gasteiger partial charge in [0.25, 0.3) is 0 Å². The maximum atomic E-state index is 12.6. The first kappa shape index (κ1) is 15.8. The number of nitrogens with two attached hydrogens (primary N) is 1. The molecular formula is C16H31N3O. The average Bonchev–Trinajstić information content (AvgIpc) is 2.79. The summed E-state index contributed by atoms with van der Waals surface area (Å²) in [4.78, 5) is 17.0. The lowest BCUT2D eigenvalue weighted by Crippen LogP contribution is -2.55. The summed E-state index contributed by atoms with van der Waals surface area (Å²) in [6.07, 6.45) is 9.70. The van der Waals surface area contributed by atoms with E-state index in [1.807, 2.05) is 0 Å². The molecule has 1 aliphatic heterocycles. The molecule has 1 amide bonds. The third-order valence-corrected chi connectivity index (χ3v) is 5.25. The molecule has 2 fully saturated rings. The number of likely N-dealkylation sites (tertiary alicyclic amines) is 1. The van der Waals surface area contributed by atoms with Gasteiger partial charge in [0.2, 0.25) is 5.91 Å². The molecule has 0 aromatic heterocycles. The Labute approximate surface area is 123 Å². The monoisotopic (exact) mass is 281 g/mol. The van der Waals surface area contributed by atoms with Gasteiger partial charge in [-0.1, -0.05) is 32.6 Å². The minimum absolute atomic E-state index is 0.0935. The van der Waals surface area contributed by atoms with Crippen LogP contribution in [0.4, 0.5) is 0 Å². The number of hydrogen-bond donors (Lipinski definition) is 1. The molecule has 4 heteroatoms. The van der Waals surface area contributed by atoms with E-state index in [0.29, 0.717) is 19.0 Å². The molecule has 1 saturated heterocycles. The van der Waals surface area contributed by atoms with Crippen LogP contribution >= 0.6 is 0 Å². The fourth-order valence-electron chi connectivity index (χ4n) is 3.88. The van der Waals surface area contributed by atoms with Crippen molar-refractivity contribution >= 4 is 5.91 Å². The Bertz CT molecular complexity index is 305. The number of carbonyl (C=O) groups is 1. The lowest BCUT2D eigenvalue weighted by molar-refractivity contribution is -0.134. The fourth-order valence-corrected chi connectivity index (χ4v) is 3.88. The molecule has 0 atom stereocenters. The van der Waals surface area contributed by atoms with Crippen LogP contribution in [0.25, 0.3) is 0 Å². The van der Waals surface area contributed by atoms with Crippen molar-refractivity contribution < 1.29 is 4.79 Å². The van der Waals surface area contributed by atoms with E-state index in [9.17, 15) is 4.79 Å². The van der Waals surface area contributed by atoms with Crippen molar-refractivity contribution in [3.8, 4) is 0 Å². The Morgan fingerprint density at radius 3 is 2.20 bits per heavy atom. The number of carbonyl (C=O) groups excluding carboxylic acids is 1. The van der Waals surface area contributed by atoms with E-state index in [0.717, 1.165) is 32.5 Å². The van der Waals surface area contributed by atoms with E-state index in [4.69, 9.17) is 5.73 Å². The van der Waals surface area contributed by atoms with Crippen molar-refractivity contribution in [2.24, 2.45) is 5.73 Å². The van der Waals surface area contributed by atoms with Gasteiger partial charge in [-0.05, 0) is 32.2 Å². The quantitative estimate of drug-likeness (QED) is 0.838. The minimum Gasteiger partial charge on any atom is -0.342 e. The SMILES string of the molecule is CCN(CC(=O)N1CCCCCC1)C1(CN)CCCC1. The van der Waals surface area contributed by atoms with Crippen LogP contribution < -0.4 is 5.73 Å². The zero-order valence-electron chi connectivity index (χ0n) is 13.1. The van der Waals surface area contributed by atoms with Crippen molar-refractivity contribution in [1.29, 1.82) is 0 Å². The Hall–Kier alpha value is -0.610. The van der Waals surface area contributed by atoms with Crippen LogP contribution in [0.3, 0.4) is 0 Å². The third kappa shape index (κ3) is 3.53. The van der Waals surface area contributed by atoms with E-state index < -0.39 is 0 Å². The van der Waals surface area contributed by atoms with Crippen molar-refractivity contribution in [3.05, 3.63) is 0 Å². The van der Waals surface area contributed by atoms with Crippen LogP contribution in [0, 0.1) is 0 Å². The van der Waals surface area contributed by atoms with E-state index in [1.54, 1.807) is 0 Å². The summed E-state index contributed by atoms with van der Waals surface area (Å²) in [5.41, 5.74) is 6.15. The first-order valence-corrected chi connectivity index (χ1v) is 8.45. The van der Waals surface area contributed by atoms with Crippen molar-refractivity contribution in [3.63, 3.8) is 0 Å². The van der Waals surface area contributed by atoms with E-state index in [1.165, 1.54) is 38.5 Å². The third-order valence-electron chi connectivity index (χ3n) is 5.25. The highest BCUT2D eigenvalue weighted by atomic mass is 16.2. The van der Waals surface area contributed by atoms with Crippen LogP contribution in [0.1, 0.15) is 58.3 Å². The predicted octanol–water partition coefficient (Wildman–Crippen LogP) is 1.98. The van der Waals surface area contributed by atoms with Gasteiger partial charge >= 0.3 is 0 Å². The molecule has 2 aliphatic rings. The predicted molar refractivity (Wildman–Crippen MR) is 82.5 cm³/mol. The lowest BCUT2D eigenvalue weighted by atomic mass is 9.95. The van der Waals surface area contributed by atoms with Crippen molar-refractivity contribution in [2.75, 3.05) is 32.7 Å². The smallest absolute Gasteiger partial charge is 0.236 e. The number of rotatable bonds is 5. The Kier molecular flexibility index (Phi) is 5.85. The molecule has 116 valence electrons. The fraction of sp³-hybridized carbons (Fsp3) is 0.938.